The molecule has 0 bridgehead atoms. The van der Waals surface area contributed by atoms with Crippen LogP contribution in [0.25, 0.3) is 0 Å². The number of hydrazone groups is 1. The van der Waals surface area contributed by atoms with E-state index < -0.39 is 0 Å². The van der Waals surface area contributed by atoms with E-state index in [1.165, 1.54) is 5.56 Å². The van der Waals surface area contributed by atoms with Crippen molar-refractivity contribution in [3.05, 3.63) is 65.7 Å². The molecule has 5 nitrogen and oxygen atoms in total. The standard InChI is InChI=1S/C20H22N4OS/c25-20(22-21-14-18-8-4-5-9-19(18)26)16-24-12-10-23(11-13-24)15-17-6-2-1-3-7-17/h1-3,6-9,14,26H,10-13,15-16H2,(H,22,25)/b21-14+. The fourth-order valence-corrected chi connectivity index (χ4v) is 3.04. The molecule has 1 aliphatic heterocycles. The number of benzene rings is 1. The molecule has 1 aliphatic rings. The molecule has 0 saturated carbocycles. The Balaban J connectivity index is 1.39. The van der Waals surface area contributed by atoms with Gasteiger partial charge in [0.05, 0.1) is 12.8 Å². The Labute approximate surface area is 160 Å². The fourth-order valence-electron chi connectivity index (χ4n) is 2.85. The van der Waals surface area contributed by atoms with Crippen LogP contribution in [0, 0.1) is 12.1 Å². The molecule has 26 heavy (non-hydrogen) atoms. The minimum absolute atomic E-state index is 0.107. The van der Waals surface area contributed by atoms with E-state index in [0.29, 0.717) is 6.54 Å². The van der Waals surface area contributed by atoms with Gasteiger partial charge in [-0.25, -0.2) is 5.43 Å². The summed E-state index contributed by atoms with van der Waals surface area (Å²) in [5.41, 5.74) is 4.69. The highest BCUT2D eigenvalue weighted by molar-refractivity contribution is 7.80. The Morgan fingerprint density at radius 1 is 1.12 bits per heavy atom. The van der Waals surface area contributed by atoms with Gasteiger partial charge in [0.1, 0.15) is 0 Å². The summed E-state index contributed by atoms with van der Waals surface area (Å²) in [5, 5.41) is 3.99. The van der Waals surface area contributed by atoms with Crippen LogP contribution in [0.3, 0.4) is 0 Å². The first-order valence-electron chi connectivity index (χ1n) is 8.62. The van der Waals surface area contributed by atoms with E-state index in [4.69, 9.17) is 0 Å². The Bertz CT molecular complexity index is 742. The van der Waals surface area contributed by atoms with Gasteiger partial charge in [-0.15, -0.1) is 12.6 Å². The normalized spacial score (nSPS) is 15.7. The quantitative estimate of drug-likeness (QED) is 0.466. The Morgan fingerprint density at radius 2 is 1.81 bits per heavy atom. The average Bonchev–Trinajstić information content (AvgIpc) is 2.66. The summed E-state index contributed by atoms with van der Waals surface area (Å²) >= 11 is 4.30. The van der Waals surface area contributed by atoms with Gasteiger partial charge >= 0.3 is 0 Å². The maximum absolute atomic E-state index is 12.0. The van der Waals surface area contributed by atoms with Gasteiger partial charge in [0.15, 0.2) is 0 Å². The van der Waals surface area contributed by atoms with Crippen molar-refractivity contribution in [3.63, 3.8) is 0 Å². The van der Waals surface area contributed by atoms with Gasteiger partial charge in [0, 0.05) is 49.2 Å². The second-order valence-electron chi connectivity index (χ2n) is 6.25. The van der Waals surface area contributed by atoms with Crippen molar-refractivity contribution in [2.45, 2.75) is 11.4 Å². The van der Waals surface area contributed by atoms with Gasteiger partial charge < -0.3 is 0 Å². The van der Waals surface area contributed by atoms with Crippen LogP contribution in [0.1, 0.15) is 11.1 Å². The number of nitrogens with zero attached hydrogens (tertiary/aromatic N) is 3. The molecule has 0 spiro atoms. The Hall–Kier alpha value is -2.33. The van der Waals surface area contributed by atoms with E-state index >= 15 is 0 Å². The number of rotatable bonds is 6. The third kappa shape index (κ3) is 5.60. The lowest BCUT2D eigenvalue weighted by molar-refractivity contribution is -0.122. The van der Waals surface area contributed by atoms with Gasteiger partial charge in [-0.2, -0.15) is 5.10 Å². The molecule has 134 valence electrons. The van der Waals surface area contributed by atoms with Crippen molar-refractivity contribution < 1.29 is 4.79 Å². The summed E-state index contributed by atoms with van der Waals surface area (Å²) in [4.78, 5) is 17.4. The van der Waals surface area contributed by atoms with Gasteiger partial charge in [0.25, 0.3) is 5.91 Å². The van der Waals surface area contributed by atoms with Gasteiger partial charge in [-0.05, 0) is 11.6 Å². The second kappa shape index (κ2) is 9.39. The number of carbonyl (C=O) groups is 1. The van der Waals surface area contributed by atoms with Gasteiger partial charge in [0.2, 0.25) is 0 Å². The first kappa shape index (κ1) is 18.5. The zero-order chi connectivity index (χ0) is 18.2. The highest BCUT2D eigenvalue weighted by atomic mass is 32.1. The SMILES string of the molecule is O=C(CN1CCN(Cc2ccccc2)CC1)N/N=C/c1cc#ccc1S. The topological polar surface area (TPSA) is 47.9 Å². The molecule has 1 N–H and O–H groups in total. The van der Waals surface area contributed by atoms with Crippen LogP contribution < -0.4 is 5.43 Å². The van der Waals surface area contributed by atoms with Crippen molar-refractivity contribution in [3.8, 4) is 0 Å². The third-order valence-corrected chi connectivity index (χ3v) is 4.68. The summed E-state index contributed by atoms with van der Waals surface area (Å²) in [6.45, 7) is 5.01. The molecule has 0 radical (unpaired) electrons. The van der Waals surface area contributed by atoms with Crippen LogP contribution in [-0.2, 0) is 11.3 Å². The van der Waals surface area contributed by atoms with Crippen LogP contribution >= 0.6 is 12.6 Å². The summed E-state index contributed by atoms with van der Waals surface area (Å²) < 4.78 is 0. The molecule has 0 unspecified atom stereocenters. The smallest absolute Gasteiger partial charge is 0.254 e. The number of piperazine rings is 1. The zero-order valence-corrected chi connectivity index (χ0v) is 15.5. The lowest BCUT2D eigenvalue weighted by Gasteiger charge is -2.34. The fraction of sp³-hybridized carbons (Fsp3) is 0.300. The van der Waals surface area contributed by atoms with Crippen LogP contribution in [0.5, 0.6) is 0 Å². The molecule has 0 atom stereocenters. The Kier molecular flexibility index (Phi) is 6.67. The molecule has 1 saturated heterocycles. The van der Waals surface area contributed by atoms with E-state index in [1.807, 2.05) is 6.07 Å². The number of hydrogen-bond donors (Lipinski definition) is 2. The van der Waals surface area contributed by atoms with Gasteiger partial charge in [-0.1, -0.05) is 42.5 Å². The number of nitrogens with one attached hydrogen (secondary N) is 1. The minimum Gasteiger partial charge on any atom is -0.297 e. The van der Waals surface area contributed by atoms with Crippen LogP contribution in [0.15, 0.2) is 52.5 Å². The molecular formula is C20H22N4OS. The van der Waals surface area contributed by atoms with Crippen molar-refractivity contribution >= 4 is 24.8 Å². The molecule has 1 fully saturated rings. The van der Waals surface area contributed by atoms with Crippen molar-refractivity contribution in [1.82, 2.24) is 15.2 Å². The van der Waals surface area contributed by atoms with Crippen LogP contribution in [0.4, 0.5) is 0 Å². The van der Waals surface area contributed by atoms with E-state index in [1.54, 1.807) is 18.3 Å². The lowest BCUT2D eigenvalue weighted by atomic mass is 10.2. The molecule has 2 aromatic rings. The lowest BCUT2D eigenvalue weighted by Crippen LogP contribution is -2.48. The average molecular weight is 366 g/mol. The highest BCUT2D eigenvalue weighted by Crippen LogP contribution is 2.09. The predicted octanol–water partition coefficient (Wildman–Crippen LogP) is 1.84. The molecule has 6 heteroatoms. The van der Waals surface area contributed by atoms with E-state index in [-0.39, 0.29) is 5.91 Å². The molecule has 3 rings (SSSR count). The van der Waals surface area contributed by atoms with E-state index in [0.717, 1.165) is 43.2 Å². The second-order valence-corrected chi connectivity index (χ2v) is 6.73. The summed E-state index contributed by atoms with van der Waals surface area (Å²) in [6, 6.07) is 19.6. The van der Waals surface area contributed by atoms with E-state index in [2.05, 4.69) is 69.4 Å². The summed E-state index contributed by atoms with van der Waals surface area (Å²) in [6.07, 6.45) is 1.57. The maximum Gasteiger partial charge on any atom is 0.254 e. The molecule has 0 aliphatic carbocycles. The maximum atomic E-state index is 12.0. The number of thiol groups is 1. The van der Waals surface area contributed by atoms with Crippen LogP contribution in [0.2, 0.25) is 0 Å². The molecule has 0 aromatic heterocycles. The molecule has 1 amide bonds. The molecule has 1 heterocycles. The largest absolute Gasteiger partial charge is 0.297 e. The first-order valence-corrected chi connectivity index (χ1v) is 9.07. The molecular weight excluding hydrogens is 344 g/mol. The van der Waals surface area contributed by atoms with Crippen LogP contribution in [-0.4, -0.2) is 54.6 Å². The zero-order valence-electron chi connectivity index (χ0n) is 14.6. The number of hydrogen-bond acceptors (Lipinski definition) is 5. The van der Waals surface area contributed by atoms with Crippen molar-refractivity contribution in [2.75, 3.05) is 32.7 Å². The predicted molar refractivity (Wildman–Crippen MR) is 105 cm³/mol. The summed E-state index contributed by atoms with van der Waals surface area (Å²) in [7, 11) is 0. The minimum atomic E-state index is -0.107. The van der Waals surface area contributed by atoms with Crippen molar-refractivity contribution in [1.29, 1.82) is 0 Å². The summed E-state index contributed by atoms with van der Waals surface area (Å²) in [5.74, 6) is -0.107. The van der Waals surface area contributed by atoms with Crippen molar-refractivity contribution in [2.24, 2.45) is 5.10 Å². The third-order valence-electron chi connectivity index (χ3n) is 4.29. The number of amides is 1. The molecule has 2 aromatic carbocycles. The number of carbonyl (C=O) groups excluding carboxylic acids is 1. The Morgan fingerprint density at radius 3 is 2.54 bits per heavy atom. The van der Waals surface area contributed by atoms with E-state index in [9.17, 15) is 4.79 Å². The van der Waals surface area contributed by atoms with Gasteiger partial charge in [-0.3, -0.25) is 14.6 Å². The monoisotopic (exact) mass is 366 g/mol. The highest BCUT2D eigenvalue weighted by Gasteiger charge is 2.18. The first-order chi connectivity index (χ1) is 12.7.